The van der Waals surface area contributed by atoms with Gasteiger partial charge >= 0.3 is 23.9 Å². The zero-order valence-electron chi connectivity index (χ0n) is 53.5. The van der Waals surface area contributed by atoms with Crippen molar-refractivity contribution in [2.24, 2.45) is 0 Å². The van der Waals surface area contributed by atoms with Gasteiger partial charge in [0.1, 0.15) is 18.8 Å². The molecule has 0 aromatic heterocycles. The summed E-state index contributed by atoms with van der Waals surface area (Å²) in [4.78, 5) is 51.4. The Kier molecular flexibility index (Phi) is 55.3. The molecule has 1 fully saturated rings. The van der Waals surface area contributed by atoms with Crippen molar-refractivity contribution >= 4 is 23.9 Å². The summed E-state index contributed by atoms with van der Waals surface area (Å²) in [5.41, 5.74) is 0. The molecule has 6 unspecified atom stereocenters. The third kappa shape index (κ3) is 48.5. The van der Waals surface area contributed by atoms with Gasteiger partial charge in [0, 0.05) is 19.3 Å². The number of aliphatic hydroxyl groups excluding tert-OH is 2. The molecule has 1 aliphatic heterocycles. The molecule has 83 heavy (non-hydrogen) atoms. The van der Waals surface area contributed by atoms with E-state index in [4.69, 9.17) is 23.7 Å². The minimum absolute atomic E-state index is 0.0521. The van der Waals surface area contributed by atoms with Gasteiger partial charge in [-0.1, -0.05) is 256 Å². The van der Waals surface area contributed by atoms with Crippen molar-refractivity contribution in [2.45, 2.75) is 366 Å². The number of unbranched alkanes of at least 4 members (excludes halogenated alkanes) is 38. The van der Waals surface area contributed by atoms with Crippen LogP contribution in [0.4, 0.5) is 0 Å². The van der Waals surface area contributed by atoms with Crippen molar-refractivity contribution in [2.75, 3.05) is 13.2 Å². The molecule has 482 valence electrons. The summed E-state index contributed by atoms with van der Waals surface area (Å²) < 4.78 is 28.6. The van der Waals surface area contributed by atoms with Crippen LogP contribution in [0.1, 0.15) is 329 Å². The molecule has 0 radical (unpaired) electrons. The van der Waals surface area contributed by atoms with Crippen LogP contribution in [0.3, 0.4) is 0 Å². The molecule has 0 bridgehead atoms. The second kappa shape index (κ2) is 59.0. The van der Waals surface area contributed by atoms with E-state index < -0.39 is 67.3 Å². The molecule has 3 N–H and O–H groups in total. The lowest BCUT2D eigenvalue weighted by molar-refractivity contribution is -0.301. The van der Waals surface area contributed by atoms with Crippen LogP contribution in [0.15, 0.2) is 48.6 Å². The zero-order valence-corrected chi connectivity index (χ0v) is 53.5. The van der Waals surface area contributed by atoms with Crippen molar-refractivity contribution in [1.82, 2.24) is 0 Å². The van der Waals surface area contributed by atoms with Crippen LogP contribution in [0.5, 0.6) is 0 Å². The monoisotopic (exact) mass is 1170 g/mol. The van der Waals surface area contributed by atoms with E-state index in [-0.39, 0.29) is 25.9 Å². The van der Waals surface area contributed by atoms with Crippen LogP contribution >= 0.6 is 0 Å². The Bertz CT molecular complexity index is 1630. The quantitative estimate of drug-likeness (QED) is 0.0228. The minimum Gasteiger partial charge on any atom is -0.479 e. The molecule has 12 nitrogen and oxygen atoms in total. The van der Waals surface area contributed by atoms with E-state index in [1.54, 1.807) is 0 Å². The fourth-order valence-electron chi connectivity index (χ4n) is 10.5. The van der Waals surface area contributed by atoms with Gasteiger partial charge in [0.05, 0.1) is 6.61 Å². The maximum absolute atomic E-state index is 13.2. The van der Waals surface area contributed by atoms with Crippen LogP contribution in [0.25, 0.3) is 0 Å². The number of ether oxygens (including phenoxy) is 5. The van der Waals surface area contributed by atoms with E-state index in [1.807, 2.05) is 0 Å². The number of allylic oxidation sites excluding steroid dienone is 8. The highest BCUT2D eigenvalue weighted by atomic mass is 16.7. The average molecular weight is 1170 g/mol. The summed E-state index contributed by atoms with van der Waals surface area (Å²) in [6, 6.07) is 0. The van der Waals surface area contributed by atoms with E-state index in [9.17, 15) is 34.5 Å². The first-order valence-corrected chi connectivity index (χ1v) is 34.6. The van der Waals surface area contributed by atoms with Crippen LogP contribution in [-0.2, 0) is 42.9 Å². The van der Waals surface area contributed by atoms with E-state index >= 15 is 0 Å². The molecule has 0 aromatic rings. The van der Waals surface area contributed by atoms with Gasteiger partial charge in [0.2, 0.25) is 0 Å². The molecular weight excluding hydrogens is 1040 g/mol. The van der Waals surface area contributed by atoms with E-state index in [2.05, 4.69) is 69.4 Å². The lowest BCUT2D eigenvalue weighted by Gasteiger charge is -2.40. The number of carbonyl (C=O) groups is 4. The molecule has 0 spiro atoms. The normalized spacial score (nSPS) is 17.8. The molecule has 1 heterocycles. The topological polar surface area (TPSA) is 175 Å². The third-order valence-corrected chi connectivity index (χ3v) is 15.8. The first-order chi connectivity index (χ1) is 40.6. The van der Waals surface area contributed by atoms with E-state index in [0.29, 0.717) is 19.3 Å². The zero-order chi connectivity index (χ0) is 60.3. The SMILES string of the molecule is CCCCC/C=C\C/C=C\CCCCCCCCCCCC(=O)OCC(COC1OC(C(=O)O)C(O)C(O)C1OC(=O)CCCCCCC/C=C\CCCCCCCC)OC(=O)CCCCCCCCCCC/C=C\CCCCCCCC. The molecular formula is C71H126O12. The van der Waals surface area contributed by atoms with Gasteiger partial charge in [-0.2, -0.15) is 0 Å². The lowest BCUT2D eigenvalue weighted by atomic mass is 9.98. The predicted octanol–water partition coefficient (Wildman–Crippen LogP) is 18.9. The van der Waals surface area contributed by atoms with Gasteiger partial charge in [-0.25, -0.2) is 4.79 Å². The summed E-state index contributed by atoms with van der Waals surface area (Å²) in [7, 11) is 0. The molecule has 1 saturated heterocycles. The van der Waals surface area contributed by atoms with Crippen LogP contribution < -0.4 is 0 Å². The average Bonchev–Trinajstić information content (AvgIpc) is 3.58. The van der Waals surface area contributed by atoms with Gasteiger partial charge in [-0.15, -0.1) is 0 Å². The maximum atomic E-state index is 13.2. The first kappa shape index (κ1) is 77.7. The second-order valence-electron chi connectivity index (χ2n) is 23.8. The van der Waals surface area contributed by atoms with Gasteiger partial charge in [-0.3, -0.25) is 14.4 Å². The summed E-state index contributed by atoms with van der Waals surface area (Å²) in [5.74, 6) is -3.11. The van der Waals surface area contributed by atoms with Crippen LogP contribution in [0.2, 0.25) is 0 Å². The number of esters is 3. The smallest absolute Gasteiger partial charge is 0.335 e. The van der Waals surface area contributed by atoms with Crippen LogP contribution in [-0.4, -0.2) is 89.2 Å². The Hall–Kier alpha value is -3.32. The van der Waals surface area contributed by atoms with Crippen molar-refractivity contribution in [3.8, 4) is 0 Å². The standard InChI is InChI=1S/C71H126O12/c1-4-7-10-13-16-19-22-25-28-30-32-34-37-39-42-45-48-51-54-57-63(72)79-60-62(81-64(73)58-55-52-49-46-43-41-38-35-33-31-29-26-23-20-17-14-11-8-5-2)61-80-71-69(67(76)66(75)68(83-71)70(77)78)82-65(74)59-56-53-50-47-44-40-36-27-24-21-18-15-12-9-6-3/h16,19,25-29,36,62,66-69,71,75-76H,4-15,17-18,20-24,30-35,37-61H2,1-3H3,(H,77,78)/b19-16-,28-25-,29-26-,36-27-. The molecule has 0 amide bonds. The number of carboxylic acid groups (broad SMARTS) is 1. The number of carbonyl (C=O) groups excluding carboxylic acids is 3. The number of aliphatic carboxylic acids is 1. The van der Waals surface area contributed by atoms with Crippen LogP contribution in [0, 0.1) is 0 Å². The minimum atomic E-state index is -1.91. The van der Waals surface area contributed by atoms with Crippen molar-refractivity contribution in [1.29, 1.82) is 0 Å². The predicted molar refractivity (Wildman–Crippen MR) is 340 cm³/mol. The Balaban J connectivity index is 2.64. The highest BCUT2D eigenvalue weighted by molar-refractivity contribution is 5.74. The summed E-state index contributed by atoms with van der Waals surface area (Å²) in [6.07, 6.45) is 60.6. The van der Waals surface area contributed by atoms with E-state index in [1.165, 1.54) is 180 Å². The molecule has 0 aliphatic carbocycles. The Morgan fingerprint density at radius 1 is 0.398 bits per heavy atom. The molecule has 0 aromatic carbocycles. The summed E-state index contributed by atoms with van der Waals surface area (Å²) >= 11 is 0. The molecule has 0 saturated carbocycles. The van der Waals surface area contributed by atoms with Crippen molar-refractivity contribution in [3.63, 3.8) is 0 Å². The fourth-order valence-corrected chi connectivity index (χ4v) is 10.5. The highest BCUT2D eigenvalue weighted by Crippen LogP contribution is 2.27. The Morgan fingerprint density at radius 2 is 0.723 bits per heavy atom. The van der Waals surface area contributed by atoms with Crippen molar-refractivity contribution < 1.29 is 58.2 Å². The molecule has 1 rings (SSSR count). The number of rotatable bonds is 60. The van der Waals surface area contributed by atoms with Gasteiger partial charge in [0.15, 0.2) is 24.6 Å². The van der Waals surface area contributed by atoms with Crippen molar-refractivity contribution in [3.05, 3.63) is 48.6 Å². The molecule has 6 atom stereocenters. The Morgan fingerprint density at radius 3 is 1.12 bits per heavy atom. The Labute approximate surface area is 507 Å². The fraction of sp³-hybridized carbons (Fsp3) is 0.831. The van der Waals surface area contributed by atoms with Gasteiger partial charge in [0.25, 0.3) is 0 Å². The van der Waals surface area contributed by atoms with Gasteiger partial charge in [-0.05, 0) is 103 Å². The number of aliphatic hydroxyl groups is 2. The number of hydrogen-bond donors (Lipinski definition) is 3. The molecule has 1 aliphatic rings. The first-order valence-electron chi connectivity index (χ1n) is 34.6. The number of hydrogen-bond acceptors (Lipinski definition) is 11. The number of carboxylic acids is 1. The largest absolute Gasteiger partial charge is 0.479 e. The molecule has 12 heteroatoms. The third-order valence-electron chi connectivity index (χ3n) is 15.8. The van der Waals surface area contributed by atoms with E-state index in [0.717, 1.165) is 89.9 Å². The lowest BCUT2D eigenvalue weighted by Crippen LogP contribution is -2.61. The highest BCUT2D eigenvalue weighted by Gasteiger charge is 2.50. The summed E-state index contributed by atoms with van der Waals surface area (Å²) in [5, 5.41) is 31.6. The maximum Gasteiger partial charge on any atom is 0.335 e. The second-order valence-corrected chi connectivity index (χ2v) is 23.8. The van der Waals surface area contributed by atoms with Gasteiger partial charge < -0.3 is 39.0 Å². The summed E-state index contributed by atoms with van der Waals surface area (Å²) in [6.45, 7) is 6.01.